The number of anilines is 1. The van der Waals surface area contributed by atoms with Crippen LogP contribution in [-0.2, 0) is 4.79 Å². The highest BCUT2D eigenvalue weighted by Crippen LogP contribution is 2.30. The van der Waals surface area contributed by atoms with Crippen LogP contribution in [0.5, 0.6) is 0 Å². The molecule has 0 aliphatic rings. The van der Waals surface area contributed by atoms with Crippen molar-refractivity contribution in [2.75, 3.05) is 18.4 Å². The molecule has 2 aromatic carbocycles. The molecule has 156 valence electrons. The second-order valence-electron chi connectivity index (χ2n) is 6.70. The van der Waals surface area contributed by atoms with E-state index in [-0.39, 0.29) is 5.91 Å². The van der Waals surface area contributed by atoms with E-state index in [4.69, 9.17) is 11.6 Å². The van der Waals surface area contributed by atoms with E-state index in [1.165, 1.54) is 6.08 Å². The van der Waals surface area contributed by atoms with Crippen LogP contribution in [-0.4, -0.2) is 33.6 Å². The molecule has 0 aliphatic heterocycles. The van der Waals surface area contributed by atoms with Crippen LogP contribution in [0.1, 0.15) is 5.56 Å². The summed E-state index contributed by atoms with van der Waals surface area (Å²) in [5.74, 6) is 0.601. The standard InChI is InChI=1S/C23H19BrClN5O/c24-18-15-28-30-21(14-20(29-23(18)30)17-8-4-5-9-19(17)25)26-12-13-27-22(31)11-10-16-6-2-1-3-7-16/h1-11,14-15,26H,12-13H2,(H,27,31)/b11-10+. The molecular weight excluding hydrogens is 478 g/mol. The molecule has 4 aromatic rings. The van der Waals surface area contributed by atoms with Crippen molar-refractivity contribution >= 4 is 51.0 Å². The summed E-state index contributed by atoms with van der Waals surface area (Å²) < 4.78 is 2.49. The van der Waals surface area contributed by atoms with Gasteiger partial charge in [0, 0.05) is 35.8 Å². The van der Waals surface area contributed by atoms with Gasteiger partial charge in [-0.3, -0.25) is 4.79 Å². The van der Waals surface area contributed by atoms with Crippen molar-refractivity contribution in [3.63, 3.8) is 0 Å². The fourth-order valence-electron chi connectivity index (χ4n) is 3.04. The number of carbonyl (C=O) groups is 1. The monoisotopic (exact) mass is 495 g/mol. The molecule has 0 saturated heterocycles. The van der Waals surface area contributed by atoms with Gasteiger partial charge < -0.3 is 10.6 Å². The highest BCUT2D eigenvalue weighted by atomic mass is 79.9. The van der Waals surface area contributed by atoms with Crippen molar-refractivity contribution in [3.8, 4) is 11.3 Å². The highest BCUT2D eigenvalue weighted by molar-refractivity contribution is 9.10. The lowest BCUT2D eigenvalue weighted by Gasteiger charge is -2.12. The van der Waals surface area contributed by atoms with Crippen LogP contribution in [0.25, 0.3) is 23.0 Å². The van der Waals surface area contributed by atoms with E-state index in [9.17, 15) is 4.79 Å². The van der Waals surface area contributed by atoms with Crippen LogP contribution >= 0.6 is 27.5 Å². The molecule has 2 heterocycles. The molecule has 0 fully saturated rings. The molecule has 2 N–H and O–H groups in total. The number of hydrogen-bond acceptors (Lipinski definition) is 4. The topological polar surface area (TPSA) is 71.3 Å². The van der Waals surface area contributed by atoms with Crippen molar-refractivity contribution in [2.45, 2.75) is 0 Å². The lowest BCUT2D eigenvalue weighted by Crippen LogP contribution is -2.27. The third kappa shape index (κ3) is 5.13. The fraction of sp³-hybridized carbons (Fsp3) is 0.0870. The van der Waals surface area contributed by atoms with Crippen molar-refractivity contribution in [1.82, 2.24) is 19.9 Å². The van der Waals surface area contributed by atoms with E-state index < -0.39 is 0 Å². The Hall–Kier alpha value is -3.16. The Labute approximate surface area is 193 Å². The zero-order valence-electron chi connectivity index (χ0n) is 16.4. The Morgan fingerprint density at radius 3 is 2.68 bits per heavy atom. The average Bonchev–Trinajstić information content (AvgIpc) is 3.17. The number of fused-ring (bicyclic) bond motifs is 1. The number of hydrogen-bond donors (Lipinski definition) is 2. The molecule has 0 unspecified atom stereocenters. The van der Waals surface area contributed by atoms with Crippen LogP contribution in [0.4, 0.5) is 5.82 Å². The SMILES string of the molecule is O=C(/C=C/c1ccccc1)NCCNc1cc(-c2ccccc2Cl)nc2c(Br)cnn12. The molecule has 0 aliphatic carbocycles. The van der Waals surface area contributed by atoms with E-state index in [0.29, 0.717) is 23.8 Å². The zero-order chi connectivity index (χ0) is 21.6. The molecule has 0 bridgehead atoms. The van der Waals surface area contributed by atoms with Gasteiger partial charge in [-0.05, 0) is 33.6 Å². The third-order valence-electron chi connectivity index (χ3n) is 4.54. The molecule has 31 heavy (non-hydrogen) atoms. The molecule has 0 atom stereocenters. The summed E-state index contributed by atoms with van der Waals surface area (Å²) in [5, 5.41) is 11.2. The van der Waals surface area contributed by atoms with Gasteiger partial charge in [0.1, 0.15) is 5.82 Å². The quantitative estimate of drug-likeness (QED) is 0.277. The predicted octanol–water partition coefficient (Wildman–Crippen LogP) is 5.05. The van der Waals surface area contributed by atoms with E-state index in [2.05, 4.69) is 36.6 Å². The molecule has 0 saturated carbocycles. The molecular formula is C23H19BrClN5O. The minimum absolute atomic E-state index is 0.149. The molecule has 4 rings (SSSR count). The van der Waals surface area contributed by atoms with Crippen LogP contribution < -0.4 is 10.6 Å². The van der Waals surface area contributed by atoms with Crippen molar-refractivity contribution < 1.29 is 4.79 Å². The minimum atomic E-state index is -0.149. The smallest absolute Gasteiger partial charge is 0.244 e. The second-order valence-corrected chi connectivity index (χ2v) is 7.96. The van der Waals surface area contributed by atoms with Gasteiger partial charge in [-0.15, -0.1) is 0 Å². The maximum Gasteiger partial charge on any atom is 0.244 e. The third-order valence-corrected chi connectivity index (χ3v) is 5.42. The van der Waals surface area contributed by atoms with Gasteiger partial charge in [0.25, 0.3) is 0 Å². The Morgan fingerprint density at radius 1 is 1.10 bits per heavy atom. The van der Waals surface area contributed by atoms with E-state index >= 15 is 0 Å². The first kappa shape index (κ1) is 21.1. The summed E-state index contributed by atoms with van der Waals surface area (Å²) in [6.07, 6.45) is 5.01. The number of nitrogens with zero attached hydrogens (tertiary/aromatic N) is 3. The molecule has 1 amide bonds. The molecule has 8 heteroatoms. The summed E-state index contributed by atoms with van der Waals surface area (Å²) in [5.41, 5.74) is 3.22. The van der Waals surface area contributed by atoms with Gasteiger partial charge >= 0.3 is 0 Å². The first-order chi connectivity index (χ1) is 15.1. The first-order valence-electron chi connectivity index (χ1n) is 9.66. The van der Waals surface area contributed by atoms with Gasteiger partial charge in [0.15, 0.2) is 5.65 Å². The van der Waals surface area contributed by atoms with Crippen molar-refractivity contribution in [1.29, 1.82) is 0 Å². The van der Waals surface area contributed by atoms with Crippen molar-refractivity contribution in [2.24, 2.45) is 0 Å². The maximum atomic E-state index is 12.0. The summed E-state index contributed by atoms with van der Waals surface area (Å²) in [6.45, 7) is 0.967. The number of aromatic nitrogens is 3. The molecule has 0 radical (unpaired) electrons. The number of rotatable bonds is 7. The van der Waals surface area contributed by atoms with Crippen LogP contribution in [0, 0.1) is 0 Å². The van der Waals surface area contributed by atoms with Crippen LogP contribution in [0.2, 0.25) is 5.02 Å². The van der Waals surface area contributed by atoms with Gasteiger partial charge in [-0.25, -0.2) is 4.98 Å². The fourth-order valence-corrected chi connectivity index (χ4v) is 3.62. The average molecular weight is 497 g/mol. The van der Waals surface area contributed by atoms with Gasteiger partial charge in [-0.2, -0.15) is 9.61 Å². The lowest BCUT2D eigenvalue weighted by atomic mass is 10.1. The van der Waals surface area contributed by atoms with E-state index in [1.807, 2.05) is 60.7 Å². The van der Waals surface area contributed by atoms with Gasteiger partial charge in [-0.1, -0.05) is 60.1 Å². The minimum Gasteiger partial charge on any atom is -0.368 e. The largest absolute Gasteiger partial charge is 0.368 e. The lowest BCUT2D eigenvalue weighted by molar-refractivity contribution is -0.116. The van der Waals surface area contributed by atoms with Gasteiger partial charge in [0.05, 0.1) is 16.4 Å². The Kier molecular flexibility index (Phi) is 6.64. The predicted molar refractivity (Wildman–Crippen MR) is 128 cm³/mol. The number of carbonyl (C=O) groups excluding carboxylic acids is 1. The number of benzene rings is 2. The molecule has 6 nitrogen and oxygen atoms in total. The number of nitrogens with one attached hydrogen (secondary N) is 2. The normalized spacial score (nSPS) is 11.2. The molecule has 0 spiro atoms. The summed E-state index contributed by atoms with van der Waals surface area (Å²) >= 11 is 9.86. The summed E-state index contributed by atoms with van der Waals surface area (Å²) in [4.78, 5) is 16.7. The number of amides is 1. The first-order valence-corrected chi connectivity index (χ1v) is 10.8. The maximum absolute atomic E-state index is 12.0. The highest BCUT2D eigenvalue weighted by Gasteiger charge is 2.13. The van der Waals surface area contributed by atoms with Crippen LogP contribution in [0.15, 0.2) is 77.4 Å². The van der Waals surface area contributed by atoms with E-state index in [1.54, 1.807) is 16.8 Å². The zero-order valence-corrected chi connectivity index (χ0v) is 18.8. The second kappa shape index (κ2) is 9.76. The Morgan fingerprint density at radius 2 is 1.87 bits per heavy atom. The summed E-state index contributed by atoms with van der Waals surface area (Å²) in [7, 11) is 0. The van der Waals surface area contributed by atoms with Gasteiger partial charge in [0.2, 0.25) is 5.91 Å². The van der Waals surface area contributed by atoms with Crippen molar-refractivity contribution in [3.05, 3.63) is 88.0 Å². The Bertz CT molecular complexity index is 1240. The molecule has 2 aromatic heterocycles. The van der Waals surface area contributed by atoms with E-state index in [0.717, 1.165) is 27.1 Å². The summed E-state index contributed by atoms with van der Waals surface area (Å²) in [6, 6.07) is 19.1. The number of halogens is 2. The Balaban J connectivity index is 1.44. The van der Waals surface area contributed by atoms with Crippen LogP contribution in [0.3, 0.4) is 0 Å².